The summed E-state index contributed by atoms with van der Waals surface area (Å²) >= 11 is 0. The standard InChI is InChI=1S/C15H17F2N3/c1-11(15-10-18-5-6-20-15)19-4-2-3-12-7-13(16)9-14(17)8-12/h5-11,19H,2-4H2,1H3/t11-/m0/s1. The molecule has 0 saturated carbocycles. The maximum absolute atomic E-state index is 13.0. The van der Waals surface area contributed by atoms with Crippen molar-refractivity contribution in [3.05, 3.63) is 59.7 Å². The predicted molar refractivity (Wildman–Crippen MR) is 73.1 cm³/mol. The van der Waals surface area contributed by atoms with E-state index in [1.54, 1.807) is 18.6 Å². The van der Waals surface area contributed by atoms with Gasteiger partial charge < -0.3 is 5.32 Å². The second-order valence-electron chi connectivity index (χ2n) is 4.69. The molecule has 0 aliphatic carbocycles. The SMILES string of the molecule is C[C@H](NCCCc1cc(F)cc(F)c1)c1cnccn1. The minimum atomic E-state index is -0.527. The van der Waals surface area contributed by atoms with Crippen molar-refractivity contribution in [3.63, 3.8) is 0 Å². The van der Waals surface area contributed by atoms with Gasteiger partial charge in [-0.25, -0.2) is 8.78 Å². The molecule has 1 N–H and O–H groups in total. The molecular formula is C15H17F2N3. The van der Waals surface area contributed by atoms with Crippen molar-refractivity contribution in [2.45, 2.75) is 25.8 Å². The van der Waals surface area contributed by atoms with Crippen LogP contribution in [0, 0.1) is 11.6 Å². The maximum Gasteiger partial charge on any atom is 0.126 e. The summed E-state index contributed by atoms with van der Waals surface area (Å²) in [5.74, 6) is -1.05. The summed E-state index contributed by atoms with van der Waals surface area (Å²) in [6, 6.07) is 3.73. The van der Waals surface area contributed by atoms with Crippen molar-refractivity contribution in [3.8, 4) is 0 Å². The molecule has 5 heteroatoms. The van der Waals surface area contributed by atoms with Gasteiger partial charge in [0.05, 0.1) is 5.69 Å². The third-order valence-electron chi connectivity index (χ3n) is 3.04. The van der Waals surface area contributed by atoms with Crippen LogP contribution in [0.4, 0.5) is 8.78 Å². The third-order valence-corrected chi connectivity index (χ3v) is 3.04. The average molecular weight is 277 g/mol. The number of nitrogens with one attached hydrogen (secondary N) is 1. The van der Waals surface area contributed by atoms with E-state index < -0.39 is 11.6 Å². The Labute approximate surface area is 117 Å². The van der Waals surface area contributed by atoms with E-state index in [2.05, 4.69) is 15.3 Å². The van der Waals surface area contributed by atoms with Crippen LogP contribution in [0.15, 0.2) is 36.8 Å². The van der Waals surface area contributed by atoms with Crippen molar-refractivity contribution >= 4 is 0 Å². The molecule has 2 rings (SSSR count). The van der Waals surface area contributed by atoms with Crippen molar-refractivity contribution in [1.82, 2.24) is 15.3 Å². The van der Waals surface area contributed by atoms with Gasteiger partial charge in [-0.1, -0.05) is 0 Å². The molecule has 0 radical (unpaired) electrons. The molecule has 0 aliphatic heterocycles. The van der Waals surface area contributed by atoms with Crippen LogP contribution in [0.3, 0.4) is 0 Å². The van der Waals surface area contributed by atoms with Crippen molar-refractivity contribution in [1.29, 1.82) is 0 Å². The van der Waals surface area contributed by atoms with Gasteiger partial charge in [0, 0.05) is 30.7 Å². The Morgan fingerprint density at radius 1 is 1.15 bits per heavy atom. The van der Waals surface area contributed by atoms with E-state index in [9.17, 15) is 8.78 Å². The highest BCUT2D eigenvalue weighted by molar-refractivity contribution is 5.17. The fourth-order valence-electron chi connectivity index (χ4n) is 2.01. The van der Waals surface area contributed by atoms with Crippen LogP contribution in [0.25, 0.3) is 0 Å². The normalized spacial score (nSPS) is 12.3. The van der Waals surface area contributed by atoms with E-state index in [0.717, 1.165) is 24.7 Å². The molecule has 0 unspecified atom stereocenters. The fraction of sp³-hybridized carbons (Fsp3) is 0.333. The average Bonchev–Trinajstić information content (AvgIpc) is 2.43. The van der Waals surface area contributed by atoms with Crippen LogP contribution < -0.4 is 5.32 Å². The van der Waals surface area contributed by atoms with Crippen molar-refractivity contribution in [2.24, 2.45) is 0 Å². The molecule has 1 heterocycles. The Balaban J connectivity index is 1.76. The Hall–Kier alpha value is -1.88. The molecule has 0 saturated heterocycles. The largest absolute Gasteiger partial charge is 0.309 e. The summed E-state index contributed by atoms with van der Waals surface area (Å²) in [4.78, 5) is 8.23. The first-order valence-electron chi connectivity index (χ1n) is 6.59. The second-order valence-corrected chi connectivity index (χ2v) is 4.69. The zero-order valence-corrected chi connectivity index (χ0v) is 11.3. The minimum Gasteiger partial charge on any atom is -0.309 e. The molecule has 0 amide bonds. The van der Waals surface area contributed by atoms with Crippen LogP contribution in [0.5, 0.6) is 0 Å². The molecule has 0 fully saturated rings. The molecule has 0 bridgehead atoms. The molecule has 20 heavy (non-hydrogen) atoms. The number of aromatic nitrogens is 2. The zero-order chi connectivity index (χ0) is 14.4. The maximum atomic E-state index is 13.0. The Morgan fingerprint density at radius 3 is 2.55 bits per heavy atom. The van der Waals surface area contributed by atoms with Gasteiger partial charge in [0.15, 0.2) is 0 Å². The monoisotopic (exact) mass is 277 g/mol. The van der Waals surface area contributed by atoms with Gasteiger partial charge in [0.25, 0.3) is 0 Å². The summed E-state index contributed by atoms with van der Waals surface area (Å²) in [6.07, 6.45) is 6.44. The number of aryl methyl sites for hydroxylation is 1. The van der Waals surface area contributed by atoms with Gasteiger partial charge in [-0.3, -0.25) is 9.97 Å². The van der Waals surface area contributed by atoms with Gasteiger partial charge in [-0.15, -0.1) is 0 Å². The van der Waals surface area contributed by atoms with Crippen LogP contribution in [0.2, 0.25) is 0 Å². The minimum absolute atomic E-state index is 0.105. The predicted octanol–water partition coefficient (Wildman–Crippen LogP) is 3.04. The van der Waals surface area contributed by atoms with Gasteiger partial charge in [-0.2, -0.15) is 0 Å². The van der Waals surface area contributed by atoms with Gasteiger partial charge in [0.2, 0.25) is 0 Å². The first-order valence-corrected chi connectivity index (χ1v) is 6.59. The molecule has 2 aromatic rings. The number of halogens is 2. The lowest BCUT2D eigenvalue weighted by Crippen LogP contribution is -2.21. The fourth-order valence-corrected chi connectivity index (χ4v) is 2.01. The topological polar surface area (TPSA) is 37.8 Å². The molecule has 0 spiro atoms. The highest BCUT2D eigenvalue weighted by Crippen LogP contribution is 2.10. The Morgan fingerprint density at radius 2 is 1.90 bits per heavy atom. The number of hydrogen-bond donors (Lipinski definition) is 1. The van der Waals surface area contributed by atoms with Crippen LogP contribution >= 0.6 is 0 Å². The van der Waals surface area contributed by atoms with E-state index >= 15 is 0 Å². The quantitative estimate of drug-likeness (QED) is 0.825. The Bertz CT molecular complexity index is 526. The number of benzene rings is 1. The van der Waals surface area contributed by atoms with E-state index in [-0.39, 0.29) is 6.04 Å². The summed E-state index contributed by atoms with van der Waals surface area (Å²) in [7, 11) is 0. The smallest absolute Gasteiger partial charge is 0.126 e. The van der Waals surface area contributed by atoms with E-state index in [1.807, 2.05) is 6.92 Å². The molecule has 1 aromatic carbocycles. The van der Waals surface area contributed by atoms with Gasteiger partial charge >= 0.3 is 0 Å². The summed E-state index contributed by atoms with van der Waals surface area (Å²) in [5, 5.41) is 3.31. The van der Waals surface area contributed by atoms with Crippen LogP contribution in [-0.2, 0) is 6.42 Å². The molecule has 106 valence electrons. The first kappa shape index (κ1) is 14.5. The lowest BCUT2D eigenvalue weighted by molar-refractivity contribution is 0.542. The van der Waals surface area contributed by atoms with Crippen LogP contribution in [0.1, 0.15) is 30.6 Å². The molecule has 0 aliphatic rings. The lowest BCUT2D eigenvalue weighted by atomic mass is 10.1. The van der Waals surface area contributed by atoms with E-state index in [4.69, 9.17) is 0 Å². The van der Waals surface area contributed by atoms with E-state index in [0.29, 0.717) is 12.0 Å². The van der Waals surface area contributed by atoms with E-state index in [1.165, 1.54) is 12.1 Å². The molecule has 1 atom stereocenters. The first-order chi connectivity index (χ1) is 9.65. The van der Waals surface area contributed by atoms with Gasteiger partial charge in [0.1, 0.15) is 11.6 Å². The number of rotatable bonds is 6. The van der Waals surface area contributed by atoms with Crippen LogP contribution in [-0.4, -0.2) is 16.5 Å². The summed E-state index contributed by atoms with van der Waals surface area (Å²) in [5.41, 5.74) is 1.56. The lowest BCUT2D eigenvalue weighted by Gasteiger charge is -2.12. The number of nitrogens with zero attached hydrogens (tertiary/aromatic N) is 2. The highest BCUT2D eigenvalue weighted by atomic mass is 19.1. The number of hydrogen-bond acceptors (Lipinski definition) is 3. The van der Waals surface area contributed by atoms with Crippen molar-refractivity contribution < 1.29 is 8.78 Å². The molecule has 3 nitrogen and oxygen atoms in total. The Kier molecular flexibility index (Phi) is 5.12. The van der Waals surface area contributed by atoms with Gasteiger partial charge in [-0.05, 0) is 44.0 Å². The van der Waals surface area contributed by atoms with Crippen molar-refractivity contribution in [2.75, 3.05) is 6.54 Å². The molecule has 1 aromatic heterocycles. The summed E-state index contributed by atoms with van der Waals surface area (Å²) < 4.78 is 26.0. The summed E-state index contributed by atoms with van der Waals surface area (Å²) in [6.45, 7) is 2.75. The zero-order valence-electron chi connectivity index (χ0n) is 11.3. The second kappa shape index (κ2) is 7.05. The molecular weight excluding hydrogens is 260 g/mol. The third kappa shape index (κ3) is 4.35. The highest BCUT2D eigenvalue weighted by Gasteiger charge is 2.05.